The van der Waals surface area contributed by atoms with Crippen molar-refractivity contribution in [1.82, 2.24) is 14.7 Å². The van der Waals surface area contributed by atoms with E-state index in [-0.39, 0.29) is 15.7 Å². The number of aromatic amines is 1. The van der Waals surface area contributed by atoms with Crippen LogP contribution >= 0.6 is 27.5 Å². The molecular formula is C19H19BrClN3O3S. The number of hydrogen-bond acceptors (Lipinski definition) is 4. The average Bonchev–Trinajstić information content (AvgIpc) is 3.16. The van der Waals surface area contributed by atoms with Crippen LogP contribution < -0.4 is 9.46 Å². The van der Waals surface area contributed by atoms with Crippen LogP contribution in [0.1, 0.15) is 25.2 Å². The molecule has 3 aromatic rings. The number of imidazole rings is 1. The molecule has 0 fully saturated rings. The standard InChI is InChI=1S/C19H19BrClN3O3S/c1-3-15(19-22-11-16(23-19)12-7-5-4-6-8-12)24-28(25,26)17-10-13(21)9-14(20)18(17)27-2/h4-11,15,24H,3H2,1-2H3,(H,22,23). The minimum atomic E-state index is -3.91. The van der Waals surface area contributed by atoms with E-state index in [0.29, 0.717) is 16.7 Å². The topological polar surface area (TPSA) is 84.1 Å². The summed E-state index contributed by atoms with van der Waals surface area (Å²) in [7, 11) is -2.51. The van der Waals surface area contributed by atoms with Crippen LogP contribution in [-0.2, 0) is 10.0 Å². The Morgan fingerprint density at radius 3 is 2.64 bits per heavy atom. The molecule has 0 aliphatic heterocycles. The largest absolute Gasteiger partial charge is 0.494 e. The zero-order chi connectivity index (χ0) is 20.3. The molecule has 0 bridgehead atoms. The fourth-order valence-corrected chi connectivity index (χ4v) is 5.46. The van der Waals surface area contributed by atoms with E-state index >= 15 is 0 Å². The Balaban J connectivity index is 1.92. The number of hydrogen-bond donors (Lipinski definition) is 2. The summed E-state index contributed by atoms with van der Waals surface area (Å²) in [6.45, 7) is 1.88. The van der Waals surface area contributed by atoms with Crippen LogP contribution in [0.5, 0.6) is 5.75 Å². The normalized spacial score (nSPS) is 12.7. The first-order valence-corrected chi connectivity index (χ1v) is 11.2. The van der Waals surface area contributed by atoms with Gasteiger partial charge in [0.1, 0.15) is 10.7 Å². The molecule has 0 spiro atoms. The Hall–Kier alpha value is -1.87. The first-order valence-electron chi connectivity index (χ1n) is 8.51. The van der Waals surface area contributed by atoms with Gasteiger partial charge in [0, 0.05) is 5.02 Å². The summed E-state index contributed by atoms with van der Waals surface area (Å²) in [6.07, 6.45) is 2.20. The summed E-state index contributed by atoms with van der Waals surface area (Å²) in [5.74, 6) is 0.723. The van der Waals surface area contributed by atoms with Crippen molar-refractivity contribution in [2.24, 2.45) is 0 Å². The molecule has 2 N–H and O–H groups in total. The van der Waals surface area contributed by atoms with E-state index in [1.165, 1.54) is 13.2 Å². The highest BCUT2D eigenvalue weighted by Crippen LogP contribution is 2.36. The molecule has 1 atom stereocenters. The van der Waals surface area contributed by atoms with Crippen molar-refractivity contribution in [2.45, 2.75) is 24.3 Å². The summed E-state index contributed by atoms with van der Waals surface area (Å²) in [5.41, 5.74) is 1.79. The molecule has 0 saturated carbocycles. The maximum absolute atomic E-state index is 13.0. The number of aromatic nitrogens is 2. The number of ether oxygens (including phenoxy) is 1. The molecule has 6 nitrogen and oxygen atoms in total. The smallest absolute Gasteiger partial charge is 0.245 e. The molecule has 1 unspecified atom stereocenters. The third-order valence-electron chi connectivity index (χ3n) is 4.18. The number of benzene rings is 2. The summed E-state index contributed by atoms with van der Waals surface area (Å²) < 4.78 is 34.4. The van der Waals surface area contributed by atoms with Crippen LogP contribution in [0.25, 0.3) is 11.3 Å². The molecular weight excluding hydrogens is 466 g/mol. The third kappa shape index (κ3) is 4.41. The van der Waals surface area contributed by atoms with Crippen molar-refractivity contribution in [3.05, 3.63) is 64.0 Å². The first-order chi connectivity index (χ1) is 13.4. The summed E-state index contributed by atoms with van der Waals surface area (Å²) >= 11 is 9.34. The van der Waals surface area contributed by atoms with Gasteiger partial charge in [0.25, 0.3) is 0 Å². The number of methoxy groups -OCH3 is 1. The summed E-state index contributed by atoms with van der Waals surface area (Å²) in [4.78, 5) is 7.53. The van der Waals surface area contributed by atoms with Gasteiger partial charge in [-0.3, -0.25) is 0 Å². The van der Waals surface area contributed by atoms with Crippen LogP contribution in [0.15, 0.2) is 58.0 Å². The van der Waals surface area contributed by atoms with Crippen molar-refractivity contribution in [3.8, 4) is 17.0 Å². The molecule has 148 valence electrons. The number of rotatable bonds is 7. The highest BCUT2D eigenvalue weighted by Gasteiger charge is 2.27. The number of nitrogens with one attached hydrogen (secondary N) is 2. The van der Waals surface area contributed by atoms with Crippen LogP contribution in [-0.4, -0.2) is 25.5 Å². The molecule has 0 aliphatic carbocycles. The fraction of sp³-hybridized carbons (Fsp3) is 0.211. The lowest BCUT2D eigenvalue weighted by Crippen LogP contribution is -2.29. The molecule has 2 aromatic carbocycles. The van der Waals surface area contributed by atoms with Gasteiger partial charge in [-0.1, -0.05) is 48.9 Å². The average molecular weight is 485 g/mol. The first kappa shape index (κ1) is 20.9. The van der Waals surface area contributed by atoms with E-state index in [4.69, 9.17) is 16.3 Å². The Morgan fingerprint density at radius 2 is 2.00 bits per heavy atom. The van der Waals surface area contributed by atoms with Gasteiger partial charge in [-0.05, 0) is 40.0 Å². The van der Waals surface area contributed by atoms with E-state index in [1.54, 1.807) is 12.3 Å². The number of H-pyrrole nitrogens is 1. The van der Waals surface area contributed by atoms with Gasteiger partial charge in [0.2, 0.25) is 10.0 Å². The number of halogens is 2. The Bertz CT molecular complexity index is 1070. The summed E-state index contributed by atoms with van der Waals surface area (Å²) in [5, 5.41) is 0.283. The van der Waals surface area contributed by atoms with Crippen LogP contribution in [0.4, 0.5) is 0 Å². The molecule has 1 heterocycles. The van der Waals surface area contributed by atoms with Gasteiger partial charge in [-0.15, -0.1) is 0 Å². The lowest BCUT2D eigenvalue weighted by Gasteiger charge is -2.17. The van der Waals surface area contributed by atoms with Gasteiger partial charge < -0.3 is 9.72 Å². The van der Waals surface area contributed by atoms with E-state index < -0.39 is 16.1 Å². The zero-order valence-electron chi connectivity index (χ0n) is 15.2. The van der Waals surface area contributed by atoms with Gasteiger partial charge in [0.15, 0.2) is 5.75 Å². The minimum absolute atomic E-state index is 0.0392. The molecule has 1 aromatic heterocycles. The molecule has 0 saturated heterocycles. The van der Waals surface area contributed by atoms with E-state index in [0.717, 1.165) is 11.3 Å². The molecule has 0 radical (unpaired) electrons. The Morgan fingerprint density at radius 1 is 1.29 bits per heavy atom. The van der Waals surface area contributed by atoms with Gasteiger partial charge >= 0.3 is 0 Å². The van der Waals surface area contributed by atoms with Gasteiger partial charge in [-0.2, -0.15) is 0 Å². The van der Waals surface area contributed by atoms with Crippen molar-refractivity contribution >= 4 is 37.6 Å². The predicted octanol–water partition coefficient (Wildman–Crippen LogP) is 4.93. The summed E-state index contributed by atoms with van der Waals surface area (Å²) in [6, 6.07) is 12.1. The predicted molar refractivity (Wildman–Crippen MR) is 113 cm³/mol. The lowest BCUT2D eigenvalue weighted by atomic mass is 10.2. The molecule has 9 heteroatoms. The van der Waals surface area contributed by atoms with Gasteiger partial charge in [0.05, 0.1) is 29.5 Å². The second-order valence-electron chi connectivity index (χ2n) is 6.05. The lowest BCUT2D eigenvalue weighted by molar-refractivity contribution is 0.399. The fourth-order valence-electron chi connectivity index (χ4n) is 2.80. The monoisotopic (exact) mass is 483 g/mol. The maximum atomic E-state index is 13.0. The zero-order valence-corrected chi connectivity index (χ0v) is 18.4. The quantitative estimate of drug-likeness (QED) is 0.498. The second-order valence-corrected chi connectivity index (χ2v) is 9.02. The Labute approximate surface area is 177 Å². The molecule has 0 aliphatic rings. The number of sulfonamides is 1. The van der Waals surface area contributed by atoms with Crippen LogP contribution in [0.2, 0.25) is 5.02 Å². The third-order valence-corrected chi connectivity index (χ3v) is 6.47. The van der Waals surface area contributed by atoms with E-state index in [2.05, 4.69) is 30.6 Å². The SMILES string of the molecule is CCC(NS(=O)(=O)c1cc(Cl)cc(Br)c1OC)c1ncc(-c2ccccc2)[nH]1. The van der Waals surface area contributed by atoms with Crippen molar-refractivity contribution in [1.29, 1.82) is 0 Å². The van der Waals surface area contributed by atoms with E-state index in [1.807, 2.05) is 37.3 Å². The van der Waals surface area contributed by atoms with Crippen LogP contribution in [0, 0.1) is 0 Å². The molecule has 3 rings (SSSR count). The van der Waals surface area contributed by atoms with E-state index in [9.17, 15) is 8.42 Å². The van der Waals surface area contributed by atoms with Crippen molar-refractivity contribution in [2.75, 3.05) is 7.11 Å². The second kappa shape index (κ2) is 8.65. The van der Waals surface area contributed by atoms with Crippen molar-refractivity contribution < 1.29 is 13.2 Å². The molecule has 28 heavy (non-hydrogen) atoms. The van der Waals surface area contributed by atoms with Crippen molar-refractivity contribution in [3.63, 3.8) is 0 Å². The number of nitrogens with zero attached hydrogens (tertiary/aromatic N) is 1. The highest BCUT2D eigenvalue weighted by molar-refractivity contribution is 9.10. The highest BCUT2D eigenvalue weighted by atomic mass is 79.9. The van der Waals surface area contributed by atoms with Gasteiger partial charge in [-0.25, -0.2) is 18.1 Å². The minimum Gasteiger partial charge on any atom is -0.494 e. The maximum Gasteiger partial charge on any atom is 0.245 e. The Kier molecular flexibility index (Phi) is 6.44. The van der Waals surface area contributed by atoms with Crippen LogP contribution in [0.3, 0.4) is 0 Å². The molecule has 0 amide bonds.